The van der Waals surface area contributed by atoms with Crippen molar-refractivity contribution >= 4 is 28.2 Å². The Balaban J connectivity index is 1.89. The number of carbonyl (C=O) groups is 2. The van der Waals surface area contributed by atoms with E-state index in [0.29, 0.717) is 33.6 Å². The average Bonchev–Trinajstić information content (AvgIpc) is 3.24. The van der Waals surface area contributed by atoms with Crippen LogP contribution in [0.4, 0.5) is 5.00 Å². The summed E-state index contributed by atoms with van der Waals surface area (Å²) in [6, 6.07) is 5.48. The van der Waals surface area contributed by atoms with E-state index in [1.54, 1.807) is 17.8 Å². The second-order valence-corrected chi connectivity index (χ2v) is 7.63. The second kappa shape index (κ2) is 8.35. The van der Waals surface area contributed by atoms with Crippen molar-refractivity contribution < 1.29 is 14.3 Å². The molecule has 0 aromatic carbocycles. The minimum absolute atomic E-state index is 0.331. The largest absolute Gasteiger partial charge is 0.465 e. The number of esters is 1. The lowest BCUT2D eigenvalue weighted by atomic mass is 10.0. The fourth-order valence-corrected chi connectivity index (χ4v) is 3.87. The van der Waals surface area contributed by atoms with Gasteiger partial charge < -0.3 is 10.1 Å². The van der Waals surface area contributed by atoms with Crippen LogP contribution in [0.5, 0.6) is 0 Å². The van der Waals surface area contributed by atoms with Crippen molar-refractivity contribution in [3.63, 3.8) is 0 Å². The third-order valence-electron chi connectivity index (χ3n) is 4.23. The number of thiophene rings is 1. The van der Waals surface area contributed by atoms with Crippen LogP contribution in [0.2, 0.25) is 0 Å². The standard InChI is InChI=1S/C20H22N4O3S/c1-12(2)9-14-11-28-19(17(14)20(26)27-4)23-18(25)15-10-22-24(13(15)3)16-7-5-6-8-21-16/h5-8,10-12H,9H2,1-4H3,(H,23,25). The van der Waals surface area contributed by atoms with Crippen molar-refractivity contribution in [1.29, 1.82) is 0 Å². The Morgan fingerprint density at radius 1 is 1.32 bits per heavy atom. The molecule has 7 nitrogen and oxygen atoms in total. The molecule has 0 spiro atoms. The lowest BCUT2D eigenvalue weighted by molar-refractivity contribution is 0.0601. The first-order valence-electron chi connectivity index (χ1n) is 8.88. The van der Waals surface area contributed by atoms with Crippen LogP contribution in [0, 0.1) is 12.8 Å². The van der Waals surface area contributed by atoms with Crippen LogP contribution in [0.3, 0.4) is 0 Å². The number of ether oxygens (including phenoxy) is 1. The van der Waals surface area contributed by atoms with Gasteiger partial charge in [0.15, 0.2) is 5.82 Å². The monoisotopic (exact) mass is 398 g/mol. The molecule has 0 bridgehead atoms. The molecular weight excluding hydrogens is 376 g/mol. The van der Waals surface area contributed by atoms with Crippen LogP contribution in [0.15, 0.2) is 36.0 Å². The summed E-state index contributed by atoms with van der Waals surface area (Å²) >= 11 is 1.32. The lowest BCUT2D eigenvalue weighted by Crippen LogP contribution is -2.16. The van der Waals surface area contributed by atoms with Gasteiger partial charge in [-0.15, -0.1) is 11.3 Å². The molecule has 1 amide bonds. The van der Waals surface area contributed by atoms with Crippen LogP contribution < -0.4 is 5.32 Å². The first-order valence-corrected chi connectivity index (χ1v) is 9.76. The molecule has 0 saturated carbocycles. The smallest absolute Gasteiger partial charge is 0.341 e. The van der Waals surface area contributed by atoms with Gasteiger partial charge in [-0.05, 0) is 42.3 Å². The second-order valence-electron chi connectivity index (χ2n) is 6.75. The van der Waals surface area contributed by atoms with E-state index in [9.17, 15) is 9.59 Å². The fourth-order valence-electron chi connectivity index (χ4n) is 2.91. The maximum absolute atomic E-state index is 12.8. The highest BCUT2D eigenvalue weighted by Gasteiger charge is 2.23. The first kappa shape index (κ1) is 19.8. The Morgan fingerprint density at radius 2 is 2.11 bits per heavy atom. The number of methoxy groups -OCH3 is 1. The molecule has 0 aliphatic rings. The predicted octanol–water partition coefficient (Wildman–Crippen LogP) is 3.87. The number of carbonyl (C=O) groups excluding carboxylic acids is 2. The summed E-state index contributed by atoms with van der Waals surface area (Å²) < 4.78 is 6.53. The van der Waals surface area contributed by atoms with Gasteiger partial charge in [-0.1, -0.05) is 19.9 Å². The van der Waals surface area contributed by atoms with E-state index in [2.05, 4.69) is 29.2 Å². The van der Waals surface area contributed by atoms with E-state index >= 15 is 0 Å². The van der Waals surface area contributed by atoms with Crippen molar-refractivity contribution in [2.45, 2.75) is 27.2 Å². The summed E-state index contributed by atoms with van der Waals surface area (Å²) in [6.45, 7) is 5.95. The van der Waals surface area contributed by atoms with Gasteiger partial charge in [0.05, 0.1) is 30.1 Å². The highest BCUT2D eigenvalue weighted by Crippen LogP contribution is 2.31. The molecule has 3 aromatic heterocycles. The topological polar surface area (TPSA) is 86.1 Å². The maximum Gasteiger partial charge on any atom is 0.341 e. The normalized spacial score (nSPS) is 10.9. The molecule has 1 N–H and O–H groups in total. The zero-order valence-corrected chi connectivity index (χ0v) is 17.0. The fraction of sp³-hybridized carbons (Fsp3) is 0.300. The van der Waals surface area contributed by atoms with Crippen molar-refractivity contribution in [1.82, 2.24) is 14.8 Å². The van der Waals surface area contributed by atoms with E-state index in [4.69, 9.17) is 4.74 Å². The number of pyridine rings is 1. The predicted molar refractivity (Wildman–Crippen MR) is 108 cm³/mol. The highest BCUT2D eigenvalue weighted by atomic mass is 32.1. The van der Waals surface area contributed by atoms with Crippen LogP contribution in [-0.2, 0) is 11.2 Å². The minimum Gasteiger partial charge on any atom is -0.465 e. The third-order valence-corrected chi connectivity index (χ3v) is 5.18. The van der Waals surface area contributed by atoms with Crippen LogP contribution in [0.1, 0.15) is 45.8 Å². The molecule has 28 heavy (non-hydrogen) atoms. The first-order chi connectivity index (χ1) is 13.4. The molecule has 3 rings (SSSR count). The van der Waals surface area contributed by atoms with Crippen LogP contribution in [-0.4, -0.2) is 33.8 Å². The van der Waals surface area contributed by atoms with Gasteiger partial charge >= 0.3 is 5.97 Å². The van der Waals surface area contributed by atoms with Gasteiger partial charge in [0.1, 0.15) is 5.00 Å². The van der Waals surface area contributed by atoms with Gasteiger partial charge in [-0.25, -0.2) is 14.5 Å². The summed E-state index contributed by atoms with van der Waals surface area (Å²) in [5.74, 6) is 0.223. The van der Waals surface area contributed by atoms with Gasteiger partial charge in [0, 0.05) is 6.20 Å². The molecule has 8 heteroatoms. The van der Waals surface area contributed by atoms with Crippen molar-refractivity contribution in [3.05, 3.63) is 58.4 Å². The number of nitrogens with zero attached hydrogens (tertiary/aromatic N) is 3. The van der Waals surface area contributed by atoms with Crippen molar-refractivity contribution in [2.75, 3.05) is 12.4 Å². The maximum atomic E-state index is 12.8. The quantitative estimate of drug-likeness (QED) is 0.637. The van der Waals surface area contributed by atoms with Gasteiger partial charge in [-0.3, -0.25) is 4.79 Å². The SMILES string of the molecule is COC(=O)c1c(CC(C)C)csc1NC(=O)c1cnn(-c2ccccn2)c1C. The summed E-state index contributed by atoms with van der Waals surface area (Å²) in [7, 11) is 1.34. The molecule has 0 aliphatic heterocycles. The molecule has 0 saturated heterocycles. The summed E-state index contributed by atoms with van der Waals surface area (Å²) in [4.78, 5) is 29.4. The summed E-state index contributed by atoms with van der Waals surface area (Å²) in [5.41, 5.74) is 2.38. The molecule has 0 aliphatic carbocycles. The molecule has 0 unspecified atom stereocenters. The Labute approximate surface area is 167 Å². The van der Waals surface area contributed by atoms with Crippen LogP contribution >= 0.6 is 11.3 Å². The van der Waals surface area contributed by atoms with Crippen molar-refractivity contribution in [2.24, 2.45) is 5.92 Å². The Hall–Kier alpha value is -3.00. The number of aromatic nitrogens is 3. The molecule has 3 aromatic rings. The van der Waals surface area contributed by atoms with E-state index in [0.717, 1.165) is 12.0 Å². The summed E-state index contributed by atoms with van der Waals surface area (Å²) in [5, 5.41) is 9.50. The number of hydrogen-bond acceptors (Lipinski definition) is 6. The average molecular weight is 398 g/mol. The van der Waals surface area contributed by atoms with Gasteiger partial charge in [0.25, 0.3) is 5.91 Å². The molecular formula is C20H22N4O3S. The Kier molecular flexibility index (Phi) is 5.89. The number of hydrogen-bond donors (Lipinski definition) is 1. The van der Waals surface area contributed by atoms with E-state index in [1.807, 2.05) is 23.6 Å². The molecule has 0 radical (unpaired) electrons. The Bertz CT molecular complexity index is 992. The molecule has 3 heterocycles. The zero-order valence-electron chi connectivity index (χ0n) is 16.2. The van der Waals surface area contributed by atoms with Crippen LogP contribution in [0.25, 0.3) is 5.82 Å². The lowest BCUT2D eigenvalue weighted by Gasteiger charge is -2.09. The number of anilines is 1. The highest BCUT2D eigenvalue weighted by molar-refractivity contribution is 7.15. The number of nitrogens with one attached hydrogen (secondary N) is 1. The molecule has 0 atom stereocenters. The number of amides is 1. The third kappa shape index (κ3) is 3.96. The van der Waals surface area contributed by atoms with Gasteiger partial charge in [-0.2, -0.15) is 5.10 Å². The van der Waals surface area contributed by atoms with Gasteiger partial charge in [0.2, 0.25) is 0 Å². The molecule has 146 valence electrons. The van der Waals surface area contributed by atoms with E-state index < -0.39 is 5.97 Å². The van der Waals surface area contributed by atoms with E-state index in [-0.39, 0.29) is 5.91 Å². The molecule has 0 fully saturated rings. The number of rotatable bonds is 6. The van der Waals surface area contributed by atoms with Crippen molar-refractivity contribution in [3.8, 4) is 5.82 Å². The Morgan fingerprint density at radius 3 is 2.75 bits per heavy atom. The van der Waals surface area contributed by atoms with E-state index in [1.165, 1.54) is 24.6 Å². The zero-order chi connectivity index (χ0) is 20.3. The minimum atomic E-state index is -0.451. The summed E-state index contributed by atoms with van der Waals surface area (Å²) in [6.07, 6.45) is 3.90.